The molecule has 0 saturated heterocycles. The molecule has 0 unspecified atom stereocenters. The van der Waals surface area contributed by atoms with Crippen molar-refractivity contribution in [1.29, 1.82) is 0 Å². The first-order valence-corrected chi connectivity index (χ1v) is 6.41. The lowest BCUT2D eigenvalue weighted by Gasteiger charge is -2.05. The van der Waals surface area contributed by atoms with E-state index in [0.29, 0.717) is 17.3 Å². The molecule has 0 bridgehead atoms. The Labute approximate surface area is 127 Å². The van der Waals surface area contributed by atoms with Gasteiger partial charge in [0.25, 0.3) is 11.4 Å². The van der Waals surface area contributed by atoms with Crippen molar-refractivity contribution in [1.82, 2.24) is 20.1 Å². The predicted octanol–water partition coefficient (Wildman–Crippen LogP) is 2.81. The summed E-state index contributed by atoms with van der Waals surface area (Å²) < 4.78 is 42.5. The standard InChI is InChI=1S/C14H9F3N4O2/c1-7-4-8(5-19-12(7)22)13-20-11(21-23-13)10-3-2-9(6-18-10)14(15,16)17/h2-6H,1H3,(H,19,22). The molecule has 0 spiro atoms. The van der Waals surface area contributed by atoms with Crippen molar-refractivity contribution in [3.63, 3.8) is 0 Å². The molecule has 0 amide bonds. The molecule has 0 fully saturated rings. The van der Waals surface area contributed by atoms with Crippen LogP contribution in [-0.4, -0.2) is 20.1 Å². The summed E-state index contributed by atoms with van der Waals surface area (Å²) in [6.45, 7) is 1.62. The molecule has 3 aromatic rings. The van der Waals surface area contributed by atoms with Gasteiger partial charge in [0.1, 0.15) is 5.69 Å². The van der Waals surface area contributed by atoms with Crippen LogP contribution in [0.25, 0.3) is 23.0 Å². The number of halogens is 3. The maximum absolute atomic E-state index is 12.5. The van der Waals surface area contributed by atoms with Crippen molar-refractivity contribution in [2.24, 2.45) is 0 Å². The normalized spacial score (nSPS) is 11.7. The number of nitrogens with zero attached hydrogens (tertiary/aromatic N) is 3. The minimum atomic E-state index is -4.46. The number of rotatable bonds is 2. The average molecular weight is 322 g/mol. The Morgan fingerprint density at radius 1 is 1.26 bits per heavy atom. The van der Waals surface area contributed by atoms with Crippen LogP contribution in [0.4, 0.5) is 13.2 Å². The first-order valence-electron chi connectivity index (χ1n) is 6.41. The van der Waals surface area contributed by atoms with E-state index < -0.39 is 11.7 Å². The van der Waals surface area contributed by atoms with Gasteiger partial charge < -0.3 is 9.51 Å². The summed E-state index contributed by atoms with van der Waals surface area (Å²) in [6, 6.07) is 3.62. The van der Waals surface area contributed by atoms with Crippen molar-refractivity contribution in [3.8, 4) is 23.0 Å². The molecular formula is C14H9F3N4O2. The van der Waals surface area contributed by atoms with E-state index in [2.05, 4.69) is 20.1 Å². The zero-order valence-electron chi connectivity index (χ0n) is 11.7. The van der Waals surface area contributed by atoms with E-state index in [1.165, 1.54) is 6.20 Å². The van der Waals surface area contributed by atoms with Crippen molar-refractivity contribution >= 4 is 0 Å². The second-order valence-electron chi connectivity index (χ2n) is 4.75. The number of alkyl halides is 3. The highest BCUT2D eigenvalue weighted by atomic mass is 19.4. The number of hydrogen-bond donors (Lipinski definition) is 1. The molecule has 23 heavy (non-hydrogen) atoms. The highest BCUT2D eigenvalue weighted by molar-refractivity contribution is 5.57. The molecule has 1 N–H and O–H groups in total. The fourth-order valence-electron chi connectivity index (χ4n) is 1.86. The van der Waals surface area contributed by atoms with Crippen LogP contribution in [0.2, 0.25) is 0 Å². The average Bonchev–Trinajstić information content (AvgIpc) is 2.99. The molecule has 3 heterocycles. The minimum Gasteiger partial charge on any atom is -0.334 e. The molecule has 0 aliphatic carbocycles. The maximum atomic E-state index is 12.5. The van der Waals surface area contributed by atoms with Gasteiger partial charge in [0.2, 0.25) is 5.82 Å². The summed E-state index contributed by atoms with van der Waals surface area (Å²) >= 11 is 0. The number of pyridine rings is 2. The molecule has 0 saturated carbocycles. The summed E-state index contributed by atoms with van der Waals surface area (Å²) in [7, 11) is 0. The first kappa shape index (κ1) is 14.9. The minimum absolute atomic E-state index is 0.0533. The van der Waals surface area contributed by atoms with Gasteiger partial charge >= 0.3 is 6.18 Å². The van der Waals surface area contributed by atoms with E-state index >= 15 is 0 Å². The Kier molecular flexibility index (Phi) is 3.47. The Morgan fingerprint density at radius 3 is 2.65 bits per heavy atom. The van der Waals surface area contributed by atoms with Crippen LogP contribution in [0.3, 0.4) is 0 Å². The summed E-state index contributed by atoms with van der Waals surface area (Å²) in [5.41, 5.74) is 0.0101. The number of nitrogens with one attached hydrogen (secondary N) is 1. The SMILES string of the molecule is Cc1cc(-c2nc(-c3ccc(C(F)(F)F)cn3)no2)c[nH]c1=O. The lowest BCUT2D eigenvalue weighted by atomic mass is 10.2. The van der Waals surface area contributed by atoms with Gasteiger partial charge in [-0.2, -0.15) is 18.2 Å². The van der Waals surface area contributed by atoms with Gasteiger partial charge in [0.15, 0.2) is 0 Å². The highest BCUT2D eigenvalue weighted by Gasteiger charge is 2.30. The van der Waals surface area contributed by atoms with Crippen molar-refractivity contribution in [2.75, 3.05) is 0 Å². The molecule has 118 valence electrons. The summed E-state index contributed by atoms with van der Waals surface area (Å²) in [5, 5.41) is 3.68. The second kappa shape index (κ2) is 5.34. The predicted molar refractivity (Wildman–Crippen MR) is 73.3 cm³/mol. The Balaban J connectivity index is 1.92. The van der Waals surface area contributed by atoms with Crippen LogP contribution in [0.1, 0.15) is 11.1 Å². The van der Waals surface area contributed by atoms with Crippen LogP contribution >= 0.6 is 0 Å². The monoisotopic (exact) mass is 322 g/mol. The Bertz CT molecular complexity index is 897. The molecule has 0 radical (unpaired) electrons. The summed E-state index contributed by atoms with van der Waals surface area (Å²) in [4.78, 5) is 21.6. The van der Waals surface area contributed by atoms with Crippen molar-refractivity contribution in [2.45, 2.75) is 13.1 Å². The lowest BCUT2D eigenvalue weighted by Crippen LogP contribution is -2.07. The largest absolute Gasteiger partial charge is 0.417 e. The molecule has 3 aromatic heterocycles. The van der Waals surface area contributed by atoms with Gasteiger partial charge in [-0.15, -0.1) is 0 Å². The first-order chi connectivity index (χ1) is 10.8. The number of hydrogen-bond acceptors (Lipinski definition) is 5. The third kappa shape index (κ3) is 2.98. The van der Waals surface area contributed by atoms with Crippen LogP contribution in [0.5, 0.6) is 0 Å². The topological polar surface area (TPSA) is 84.7 Å². The van der Waals surface area contributed by atoms with Crippen LogP contribution in [0.15, 0.2) is 39.9 Å². The van der Waals surface area contributed by atoms with E-state index in [-0.39, 0.29) is 23.0 Å². The highest BCUT2D eigenvalue weighted by Crippen LogP contribution is 2.29. The zero-order chi connectivity index (χ0) is 16.6. The Hall–Kier alpha value is -2.97. The maximum Gasteiger partial charge on any atom is 0.417 e. The van der Waals surface area contributed by atoms with Gasteiger partial charge in [-0.25, -0.2) is 0 Å². The molecular weight excluding hydrogens is 313 g/mol. The fraction of sp³-hybridized carbons (Fsp3) is 0.143. The quantitative estimate of drug-likeness (QED) is 0.784. The van der Waals surface area contributed by atoms with E-state index in [4.69, 9.17) is 4.52 Å². The zero-order valence-corrected chi connectivity index (χ0v) is 11.7. The van der Waals surface area contributed by atoms with Crippen molar-refractivity contribution in [3.05, 3.63) is 52.1 Å². The number of aromatic amines is 1. The van der Waals surface area contributed by atoms with E-state index in [1.807, 2.05) is 0 Å². The third-order valence-electron chi connectivity index (χ3n) is 3.08. The van der Waals surface area contributed by atoms with Gasteiger partial charge in [0, 0.05) is 18.0 Å². The van der Waals surface area contributed by atoms with Crippen molar-refractivity contribution < 1.29 is 17.7 Å². The molecule has 9 heteroatoms. The molecule has 0 aromatic carbocycles. The second-order valence-corrected chi connectivity index (χ2v) is 4.75. The molecule has 3 rings (SSSR count). The number of aryl methyl sites for hydroxylation is 1. The van der Waals surface area contributed by atoms with Crippen LogP contribution in [0, 0.1) is 6.92 Å². The van der Waals surface area contributed by atoms with E-state index in [9.17, 15) is 18.0 Å². The van der Waals surface area contributed by atoms with E-state index in [0.717, 1.165) is 12.1 Å². The molecule has 6 nitrogen and oxygen atoms in total. The van der Waals surface area contributed by atoms with Gasteiger partial charge in [0.05, 0.1) is 11.1 Å². The molecule has 0 aliphatic rings. The number of aromatic nitrogens is 4. The fourth-order valence-corrected chi connectivity index (χ4v) is 1.86. The molecule has 0 atom stereocenters. The van der Waals surface area contributed by atoms with E-state index in [1.54, 1.807) is 13.0 Å². The third-order valence-corrected chi connectivity index (χ3v) is 3.08. The smallest absolute Gasteiger partial charge is 0.334 e. The van der Waals surface area contributed by atoms with Gasteiger partial charge in [-0.05, 0) is 25.1 Å². The van der Waals surface area contributed by atoms with Gasteiger partial charge in [-0.3, -0.25) is 9.78 Å². The lowest BCUT2D eigenvalue weighted by molar-refractivity contribution is -0.137. The van der Waals surface area contributed by atoms with Crippen LogP contribution < -0.4 is 5.56 Å². The van der Waals surface area contributed by atoms with Crippen LogP contribution in [-0.2, 0) is 6.18 Å². The molecule has 0 aliphatic heterocycles. The Morgan fingerprint density at radius 2 is 2.04 bits per heavy atom. The summed E-state index contributed by atoms with van der Waals surface area (Å²) in [5.74, 6) is 0.179. The summed E-state index contributed by atoms with van der Waals surface area (Å²) in [6.07, 6.45) is -2.34. The van der Waals surface area contributed by atoms with Gasteiger partial charge in [-0.1, -0.05) is 5.16 Å². The number of H-pyrrole nitrogens is 1.